The van der Waals surface area contributed by atoms with E-state index in [1.165, 1.54) is 38.8 Å². The molecule has 1 N–H and O–H groups in total. The van der Waals surface area contributed by atoms with Gasteiger partial charge in [0.2, 0.25) is 5.91 Å². The van der Waals surface area contributed by atoms with Gasteiger partial charge >= 0.3 is 0 Å². The highest BCUT2D eigenvalue weighted by Crippen LogP contribution is 2.13. The molecule has 1 aliphatic heterocycles. The first-order chi connectivity index (χ1) is 10.5. The highest BCUT2D eigenvalue weighted by Gasteiger charge is 2.19. The minimum atomic E-state index is 0.0902. The molecule has 0 aromatic carbocycles. The van der Waals surface area contributed by atoms with Crippen LogP contribution in [0.1, 0.15) is 66.2 Å². The van der Waals surface area contributed by atoms with E-state index in [0.717, 1.165) is 26.0 Å². The van der Waals surface area contributed by atoms with Gasteiger partial charge in [0.05, 0.1) is 6.10 Å². The van der Waals surface area contributed by atoms with Crippen LogP contribution in [0.15, 0.2) is 0 Å². The zero-order chi connectivity index (χ0) is 16.4. The van der Waals surface area contributed by atoms with E-state index in [-0.39, 0.29) is 11.8 Å². The van der Waals surface area contributed by atoms with Crippen molar-refractivity contribution in [3.8, 4) is 0 Å². The molecule has 4 nitrogen and oxygen atoms in total. The molecule has 4 heteroatoms. The molecule has 0 saturated carbocycles. The number of hydrogen-bond acceptors (Lipinski definition) is 3. The topological polar surface area (TPSA) is 41.6 Å². The molecule has 1 rings (SSSR count). The van der Waals surface area contributed by atoms with Gasteiger partial charge in [0.25, 0.3) is 0 Å². The van der Waals surface area contributed by atoms with Crippen molar-refractivity contribution in [2.75, 3.05) is 26.2 Å². The Hall–Kier alpha value is -0.610. The standard InChI is InChI=1S/C18H36N2O2/c1-15(2)18(21)19-17-9-8-12-20(13-10-17)11-6-5-7-14-22-16(3)4/h15-17H,5-14H2,1-4H3,(H,19,21). The van der Waals surface area contributed by atoms with Crippen molar-refractivity contribution in [3.05, 3.63) is 0 Å². The van der Waals surface area contributed by atoms with E-state index in [4.69, 9.17) is 4.74 Å². The fraction of sp³-hybridized carbons (Fsp3) is 0.944. The van der Waals surface area contributed by atoms with Gasteiger partial charge in [-0.3, -0.25) is 4.79 Å². The molecule has 0 spiro atoms. The van der Waals surface area contributed by atoms with Crippen LogP contribution in [-0.4, -0.2) is 49.2 Å². The second kappa shape index (κ2) is 11.0. The first-order valence-corrected chi connectivity index (χ1v) is 9.13. The molecule has 0 aromatic rings. The zero-order valence-corrected chi connectivity index (χ0v) is 15.1. The average molecular weight is 312 g/mol. The molecule has 22 heavy (non-hydrogen) atoms. The van der Waals surface area contributed by atoms with Crippen molar-refractivity contribution in [1.29, 1.82) is 0 Å². The third kappa shape index (κ3) is 8.74. The third-order valence-electron chi connectivity index (χ3n) is 4.26. The third-order valence-corrected chi connectivity index (χ3v) is 4.26. The van der Waals surface area contributed by atoms with E-state index in [1.807, 2.05) is 13.8 Å². The second-order valence-corrected chi connectivity index (χ2v) is 7.11. The summed E-state index contributed by atoms with van der Waals surface area (Å²) in [5.41, 5.74) is 0. The lowest BCUT2D eigenvalue weighted by atomic mass is 10.1. The molecule has 0 bridgehead atoms. The fourth-order valence-corrected chi connectivity index (χ4v) is 2.82. The first kappa shape index (κ1) is 19.4. The monoisotopic (exact) mass is 312 g/mol. The Balaban J connectivity index is 2.11. The van der Waals surface area contributed by atoms with Gasteiger partial charge in [-0.2, -0.15) is 0 Å². The maximum atomic E-state index is 11.8. The molecule has 0 radical (unpaired) electrons. The van der Waals surface area contributed by atoms with E-state index in [2.05, 4.69) is 24.1 Å². The Kier molecular flexibility index (Phi) is 9.73. The lowest BCUT2D eigenvalue weighted by Gasteiger charge is -2.21. The van der Waals surface area contributed by atoms with Gasteiger partial charge in [0, 0.05) is 25.1 Å². The highest BCUT2D eigenvalue weighted by atomic mass is 16.5. The van der Waals surface area contributed by atoms with E-state index >= 15 is 0 Å². The molecule has 0 aromatic heterocycles. The molecule has 130 valence electrons. The number of amides is 1. The Morgan fingerprint density at radius 3 is 2.59 bits per heavy atom. The number of carbonyl (C=O) groups is 1. The summed E-state index contributed by atoms with van der Waals surface area (Å²) in [6, 6.07) is 0.374. The Bertz CT molecular complexity index is 305. The Morgan fingerprint density at radius 1 is 1.14 bits per heavy atom. The summed E-state index contributed by atoms with van der Waals surface area (Å²) < 4.78 is 5.57. The van der Waals surface area contributed by atoms with Gasteiger partial charge in [0.1, 0.15) is 0 Å². The summed E-state index contributed by atoms with van der Waals surface area (Å²) in [6.07, 6.45) is 7.43. The molecule has 1 aliphatic rings. The second-order valence-electron chi connectivity index (χ2n) is 7.11. The summed E-state index contributed by atoms with van der Waals surface area (Å²) in [5.74, 6) is 0.288. The van der Waals surface area contributed by atoms with Crippen LogP contribution in [0, 0.1) is 5.92 Å². The first-order valence-electron chi connectivity index (χ1n) is 9.13. The number of ether oxygens (including phenoxy) is 1. The number of rotatable bonds is 9. The van der Waals surface area contributed by atoms with E-state index < -0.39 is 0 Å². The van der Waals surface area contributed by atoms with Crippen LogP contribution in [0.5, 0.6) is 0 Å². The van der Waals surface area contributed by atoms with Gasteiger partial charge in [-0.05, 0) is 65.5 Å². The van der Waals surface area contributed by atoms with E-state index in [0.29, 0.717) is 12.1 Å². The molecule has 1 saturated heterocycles. The normalized spacial score (nSPS) is 20.4. The van der Waals surface area contributed by atoms with Crippen molar-refractivity contribution in [3.63, 3.8) is 0 Å². The van der Waals surface area contributed by atoms with Crippen LogP contribution < -0.4 is 5.32 Å². The average Bonchev–Trinajstić information content (AvgIpc) is 2.67. The fourth-order valence-electron chi connectivity index (χ4n) is 2.82. The van der Waals surface area contributed by atoms with Crippen molar-refractivity contribution < 1.29 is 9.53 Å². The van der Waals surface area contributed by atoms with Crippen LogP contribution in [0.4, 0.5) is 0 Å². The van der Waals surface area contributed by atoms with Crippen LogP contribution in [0.2, 0.25) is 0 Å². The molecular weight excluding hydrogens is 276 g/mol. The molecule has 1 fully saturated rings. The maximum absolute atomic E-state index is 11.8. The van der Waals surface area contributed by atoms with Crippen LogP contribution in [0.25, 0.3) is 0 Å². The van der Waals surface area contributed by atoms with Crippen molar-refractivity contribution in [1.82, 2.24) is 10.2 Å². The van der Waals surface area contributed by atoms with Crippen LogP contribution in [-0.2, 0) is 9.53 Å². The van der Waals surface area contributed by atoms with Crippen molar-refractivity contribution in [2.45, 2.75) is 78.4 Å². The molecule has 1 amide bonds. The summed E-state index contributed by atoms with van der Waals surface area (Å²) >= 11 is 0. The minimum Gasteiger partial charge on any atom is -0.379 e. The van der Waals surface area contributed by atoms with Crippen molar-refractivity contribution in [2.24, 2.45) is 5.92 Å². The summed E-state index contributed by atoms with van der Waals surface area (Å²) in [7, 11) is 0. The molecule has 1 heterocycles. The largest absolute Gasteiger partial charge is 0.379 e. The lowest BCUT2D eigenvalue weighted by Crippen LogP contribution is -2.38. The molecular formula is C18H36N2O2. The number of carbonyl (C=O) groups excluding carboxylic acids is 1. The lowest BCUT2D eigenvalue weighted by molar-refractivity contribution is -0.124. The quantitative estimate of drug-likeness (QED) is 0.665. The van der Waals surface area contributed by atoms with Gasteiger partial charge in [-0.15, -0.1) is 0 Å². The number of likely N-dealkylation sites (tertiary alicyclic amines) is 1. The van der Waals surface area contributed by atoms with Gasteiger partial charge in [0.15, 0.2) is 0 Å². The minimum absolute atomic E-state index is 0.0902. The van der Waals surface area contributed by atoms with E-state index in [9.17, 15) is 4.79 Å². The Labute approximate surface area is 137 Å². The summed E-state index contributed by atoms with van der Waals surface area (Å²) in [6.45, 7) is 12.5. The van der Waals surface area contributed by atoms with Crippen LogP contribution in [0.3, 0.4) is 0 Å². The maximum Gasteiger partial charge on any atom is 0.222 e. The SMILES string of the molecule is CC(C)OCCCCCN1CCCC(NC(=O)C(C)C)CC1. The zero-order valence-electron chi connectivity index (χ0n) is 15.1. The van der Waals surface area contributed by atoms with Gasteiger partial charge in [-0.25, -0.2) is 0 Å². The number of hydrogen-bond donors (Lipinski definition) is 1. The number of unbranched alkanes of at least 4 members (excludes halogenated alkanes) is 2. The molecule has 1 atom stereocenters. The molecule has 1 unspecified atom stereocenters. The van der Waals surface area contributed by atoms with E-state index in [1.54, 1.807) is 0 Å². The predicted molar refractivity (Wildman–Crippen MR) is 92.0 cm³/mol. The van der Waals surface area contributed by atoms with Crippen molar-refractivity contribution >= 4 is 5.91 Å². The predicted octanol–water partition coefficient (Wildman–Crippen LogP) is 3.21. The number of nitrogens with one attached hydrogen (secondary N) is 1. The Morgan fingerprint density at radius 2 is 1.91 bits per heavy atom. The summed E-state index contributed by atoms with van der Waals surface area (Å²) in [5, 5.41) is 3.19. The summed E-state index contributed by atoms with van der Waals surface area (Å²) in [4.78, 5) is 14.3. The highest BCUT2D eigenvalue weighted by molar-refractivity contribution is 5.78. The molecule has 0 aliphatic carbocycles. The van der Waals surface area contributed by atoms with Crippen LogP contribution >= 0.6 is 0 Å². The number of nitrogens with zero attached hydrogens (tertiary/aromatic N) is 1. The van der Waals surface area contributed by atoms with Gasteiger partial charge in [-0.1, -0.05) is 13.8 Å². The smallest absolute Gasteiger partial charge is 0.222 e. The van der Waals surface area contributed by atoms with Gasteiger partial charge < -0.3 is 15.0 Å².